The number of rotatable bonds is 4. The Morgan fingerprint density at radius 3 is 1.60 bits per heavy atom. The molecule has 0 fully saturated rings. The lowest BCUT2D eigenvalue weighted by atomic mass is 9.98. The first-order valence-corrected chi connectivity index (χ1v) is 14.0. The maximum atomic E-state index is 14.1. The minimum absolute atomic E-state index is 0.172. The van der Waals surface area contributed by atoms with E-state index in [-0.39, 0.29) is 5.82 Å². The monoisotopic (exact) mass is 610 g/mol. The van der Waals surface area contributed by atoms with E-state index in [1.165, 1.54) is 12.1 Å². The zero-order chi connectivity index (χ0) is 32.7. The van der Waals surface area contributed by atoms with Gasteiger partial charge in [0.05, 0.1) is 42.0 Å². The van der Waals surface area contributed by atoms with Crippen LogP contribution < -0.4 is 0 Å². The zero-order valence-electron chi connectivity index (χ0n) is 24.1. The van der Waals surface area contributed by atoms with Gasteiger partial charge in [-0.25, -0.2) is 9.69 Å². The number of hydrogen-bond donors (Lipinski definition) is 0. The van der Waals surface area contributed by atoms with E-state index in [1.54, 1.807) is 48.5 Å². The number of benzene rings is 5. The summed E-state index contributed by atoms with van der Waals surface area (Å²) < 4.78 is 30.2. The number of nitrogens with zero attached hydrogens (tertiary/aromatic N) is 8. The van der Waals surface area contributed by atoms with E-state index in [0.717, 1.165) is 32.9 Å². The minimum atomic E-state index is -1.24. The summed E-state index contributed by atoms with van der Waals surface area (Å²) in [5.41, 5.74) is 6.71. The Hall–Kier alpha value is -7.27. The quantitative estimate of drug-likeness (QED) is 0.185. The highest BCUT2D eigenvalue weighted by atomic mass is 19.1. The van der Waals surface area contributed by atoms with Gasteiger partial charge in [-0.15, -0.1) is 0 Å². The van der Waals surface area contributed by atoms with Gasteiger partial charge in [-0.3, -0.25) is 0 Å². The second kappa shape index (κ2) is 11.3. The second-order valence-electron chi connectivity index (χ2n) is 10.5. The molecule has 7 rings (SSSR count). The van der Waals surface area contributed by atoms with Gasteiger partial charge >= 0.3 is 12.2 Å². The average Bonchev–Trinajstić information content (AvgIpc) is 3.43. The summed E-state index contributed by atoms with van der Waals surface area (Å²) >= 11 is 0. The smallest absolute Gasteiger partial charge is 0.309 e. The molecule has 2 aromatic heterocycles. The van der Waals surface area contributed by atoms with Crippen LogP contribution in [0.1, 0.15) is 11.1 Å². The topological polar surface area (TPSA) is 99.9 Å². The lowest BCUT2D eigenvalue weighted by Crippen LogP contribution is -2.04. The molecule has 0 N–H and O–H groups in total. The van der Waals surface area contributed by atoms with Gasteiger partial charge in [-0.1, -0.05) is 24.3 Å². The molecule has 0 amide bonds. The fourth-order valence-electron chi connectivity index (χ4n) is 5.76. The molecule has 10 heteroatoms. The molecule has 0 aliphatic carbocycles. The number of nitriles is 2. The fourth-order valence-corrected chi connectivity index (χ4v) is 5.76. The zero-order valence-corrected chi connectivity index (χ0v) is 24.1. The summed E-state index contributed by atoms with van der Waals surface area (Å²) in [6, 6.07) is 32.7. The van der Waals surface area contributed by atoms with Gasteiger partial charge < -0.3 is 4.57 Å². The molecule has 0 unspecified atom stereocenters. The van der Waals surface area contributed by atoms with E-state index < -0.39 is 12.2 Å². The minimum Gasteiger partial charge on any atom is -0.309 e. The number of halogens is 2. The lowest BCUT2D eigenvalue weighted by molar-refractivity contribution is 0.457. The van der Waals surface area contributed by atoms with Crippen molar-refractivity contribution in [3.63, 3.8) is 0 Å². The van der Waals surface area contributed by atoms with Gasteiger partial charge in [0.15, 0.2) is 17.2 Å². The third-order valence-corrected chi connectivity index (χ3v) is 7.75. The molecule has 47 heavy (non-hydrogen) atoms. The van der Waals surface area contributed by atoms with Gasteiger partial charge in [-0.05, 0) is 95.1 Å². The first kappa shape index (κ1) is 28.5. The molecule has 0 bridgehead atoms. The van der Waals surface area contributed by atoms with Crippen molar-refractivity contribution in [1.29, 1.82) is 10.5 Å². The maximum Gasteiger partial charge on any atom is 0.314 e. The van der Waals surface area contributed by atoms with Crippen LogP contribution in [0, 0.1) is 48.0 Å². The molecular formula is C37H16F2N8. The van der Waals surface area contributed by atoms with E-state index in [0.29, 0.717) is 44.9 Å². The van der Waals surface area contributed by atoms with Gasteiger partial charge in [0.25, 0.3) is 0 Å². The number of aromatic nitrogens is 4. The Kier molecular flexibility index (Phi) is 6.88. The number of para-hydroxylation sites is 1. The highest BCUT2D eigenvalue weighted by molar-refractivity contribution is 6.12. The van der Waals surface area contributed by atoms with E-state index in [4.69, 9.17) is 13.1 Å². The standard InChI is InChI=1S/C37H16F2N8/c1-42-27-13-21(19-40)11-25(15-27)23-7-9-33-30(17-23)31-18-24(26-12-22(20-41)14-28(16-26)43-2)8-10-34(31)47(33)32-6-4-3-5-29(32)35-44-36(38)46-37(39)45-35/h3-18H. The van der Waals surface area contributed by atoms with Gasteiger partial charge in [0.1, 0.15) is 0 Å². The fraction of sp³-hybridized carbons (Fsp3) is 0. The van der Waals surface area contributed by atoms with Crippen molar-refractivity contribution < 1.29 is 8.78 Å². The van der Waals surface area contributed by atoms with Crippen LogP contribution in [0.5, 0.6) is 0 Å². The summed E-state index contributed by atoms with van der Waals surface area (Å²) in [4.78, 5) is 17.6. The van der Waals surface area contributed by atoms with Crippen molar-refractivity contribution in [3.05, 3.63) is 143 Å². The average molecular weight is 611 g/mol. The van der Waals surface area contributed by atoms with Crippen LogP contribution in [0.2, 0.25) is 0 Å². The van der Waals surface area contributed by atoms with Crippen LogP contribution >= 0.6 is 0 Å². The molecular weight excluding hydrogens is 594 g/mol. The SMILES string of the molecule is [C-]#[N+]c1cc(C#N)cc(-c2ccc3c(c2)c2cc(-c4cc(C#N)cc([N+]#[C-])c4)ccc2n3-c2ccccc2-c2nc(F)nc(F)n2)c1. The molecule has 0 saturated heterocycles. The van der Waals surface area contributed by atoms with Crippen LogP contribution in [0.4, 0.5) is 20.2 Å². The van der Waals surface area contributed by atoms with Crippen molar-refractivity contribution in [1.82, 2.24) is 19.5 Å². The maximum absolute atomic E-state index is 14.1. The van der Waals surface area contributed by atoms with Gasteiger partial charge in [-0.2, -0.15) is 34.3 Å². The number of hydrogen-bond acceptors (Lipinski definition) is 5. The Morgan fingerprint density at radius 1 is 0.596 bits per heavy atom. The van der Waals surface area contributed by atoms with Crippen molar-refractivity contribution in [3.8, 4) is 51.5 Å². The molecule has 2 heterocycles. The van der Waals surface area contributed by atoms with Crippen molar-refractivity contribution >= 4 is 33.2 Å². The summed E-state index contributed by atoms with van der Waals surface area (Å²) in [6.07, 6.45) is -2.48. The molecule has 5 aromatic carbocycles. The van der Waals surface area contributed by atoms with E-state index in [2.05, 4.69) is 36.8 Å². The van der Waals surface area contributed by atoms with Gasteiger partial charge in [0, 0.05) is 27.5 Å². The number of fused-ring (bicyclic) bond motifs is 3. The second-order valence-corrected chi connectivity index (χ2v) is 10.5. The van der Waals surface area contributed by atoms with Crippen LogP contribution in [-0.2, 0) is 0 Å². The van der Waals surface area contributed by atoms with Gasteiger partial charge in [0.2, 0.25) is 0 Å². The van der Waals surface area contributed by atoms with E-state index in [1.807, 2.05) is 41.0 Å². The van der Waals surface area contributed by atoms with Crippen molar-refractivity contribution in [2.45, 2.75) is 0 Å². The molecule has 0 atom stereocenters. The molecule has 0 aliphatic rings. The lowest BCUT2D eigenvalue weighted by Gasteiger charge is -2.13. The molecule has 0 aliphatic heterocycles. The molecule has 7 aromatic rings. The summed E-state index contributed by atoms with van der Waals surface area (Å²) in [6.45, 7) is 15.0. The first-order valence-electron chi connectivity index (χ1n) is 14.0. The highest BCUT2D eigenvalue weighted by Gasteiger charge is 2.20. The Morgan fingerprint density at radius 2 is 1.11 bits per heavy atom. The Labute approximate surface area is 266 Å². The largest absolute Gasteiger partial charge is 0.314 e. The van der Waals surface area contributed by atoms with Crippen LogP contribution in [0.25, 0.3) is 70.8 Å². The third-order valence-electron chi connectivity index (χ3n) is 7.75. The Balaban J connectivity index is 1.54. The molecule has 0 radical (unpaired) electrons. The van der Waals surface area contributed by atoms with Crippen LogP contribution in [0.15, 0.2) is 97.1 Å². The van der Waals surface area contributed by atoms with Crippen molar-refractivity contribution in [2.24, 2.45) is 0 Å². The predicted octanol–water partition coefficient (Wildman–Crippen LogP) is 9.09. The molecule has 0 spiro atoms. The third kappa shape index (κ3) is 5.05. The van der Waals surface area contributed by atoms with Crippen LogP contribution in [-0.4, -0.2) is 19.5 Å². The summed E-state index contributed by atoms with van der Waals surface area (Å²) in [5.74, 6) is -0.172. The molecule has 8 nitrogen and oxygen atoms in total. The van der Waals surface area contributed by atoms with E-state index >= 15 is 0 Å². The normalized spacial score (nSPS) is 10.7. The van der Waals surface area contributed by atoms with Crippen LogP contribution in [0.3, 0.4) is 0 Å². The first-order chi connectivity index (χ1) is 22.9. The highest BCUT2D eigenvalue weighted by Crippen LogP contribution is 2.40. The summed E-state index contributed by atoms with van der Waals surface area (Å²) in [5, 5.41) is 20.8. The molecule has 0 saturated carbocycles. The Bertz CT molecular complexity index is 2400. The summed E-state index contributed by atoms with van der Waals surface area (Å²) in [7, 11) is 0. The van der Waals surface area contributed by atoms with Crippen molar-refractivity contribution in [2.75, 3.05) is 0 Å². The molecule has 218 valence electrons. The van der Waals surface area contributed by atoms with E-state index in [9.17, 15) is 19.3 Å². The predicted molar refractivity (Wildman–Crippen MR) is 172 cm³/mol.